The Morgan fingerprint density at radius 1 is 1.15 bits per heavy atom. The van der Waals surface area contributed by atoms with Gasteiger partial charge >= 0.3 is 6.18 Å². The summed E-state index contributed by atoms with van der Waals surface area (Å²) in [6.45, 7) is -1.39. The van der Waals surface area contributed by atoms with Gasteiger partial charge in [0.05, 0.1) is 7.11 Å². The molecule has 0 spiro atoms. The number of hydrogen-bond acceptors (Lipinski definition) is 3. The fraction of sp³-hybridized carbons (Fsp3) is 0.167. The summed E-state index contributed by atoms with van der Waals surface area (Å²) in [6.07, 6.45) is -1.80. The maximum atomic E-state index is 13.6. The topological polar surface area (TPSA) is 47.6 Å². The summed E-state index contributed by atoms with van der Waals surface area (Å²) in [4.78, 5) is 11.8. The molecule has 2 aromatic rings. The molecule has 4 nitrogen and oxygen atoms in total. The third kappa shape index (κ3) is 6.12. The highest BCUT2D eigenvalue weighted by molar-refractivity contribution is 6.01. The van der Waals surface area contributed by atoms with Crippen LogP contribution in [0.1, 0.15) is 5.56 Å². The minimum atomic E-state index is -4.42. The van der Waals surface area contributed by atoms with Crippen molar-refractivity contribution in [3.8, 4) is 11.5 Å². The summed E-state index contributed by atoms with van der Waals surface area (Å²) < 4.78 is 59.1. The van der Waals surface area contributed by atoms with Gasteiger partial charge in [-0.25, -0.2) is 4.39 Å². The number of halogens is 4. The van der Waals surface area contributed by atoms with E-state index >= 15 is 0 Å². The van der Waals surface area contributed by atoms with Crippen molar-refractivity contribution in [2.45, 2.75) is 6.18 Å². The zero-order valence-corrected chi connectivity index (χ0v) is 13.6. The van der Waals surface area contributed by atoms with E-state index in [1.165, 1.54) is 55.7 Å². The number of rotatable bonds is 6. The molecule has 1 amide bonds. The van der Waals surface area contributed by atoms with Crippen LogP contribution in [0, 0.1) is 5.82 Å². The van der Waals surface area contributed by atoms with E-state index in [0.717, 1.165) is 0 Å². The number of carbonyl (C=O) groups is 1. The molecular weight excluding hydrogens is 354 g/mol. The molecule has 0 unspecified atom stereocenters. The lowest BCUT2D eigenvalue weighted by atomic mass is 10.2. The van der Waals surface area contributed by atoms with Gasteiger partial charge in [0.2, 0.25) is 5.91 Å². The summed E-state index contributed by atoms with van der Waals surface area (Å²) in [7, 11) is 1.35. The predicted molar refractivity (Wildman–Crippen MR) is 88.6 cm³/mol. The number of methoxy groups -OCH3 is 1. The SMILES string of the molecule is COc1ccc(/C=C/C(=O)Nc2ccc(OCC(F)(F)F)cc2)cc1F. The molecule has 0 radical (unpaired) electrons. The van der Waals surface area contributed by atoms with E-state index in [-0.39, 0.29) is 11.5 Å². The van der Waals surface area contributed by atoms with E-state index in [0.29, 0.717) is 11.3 Å². The minimum absolute atomic E-state index is 0.0320. The summed E-state index contributed by atoms with van der Waals surface area (Å²) in [5.74, 6) is -0.904. The third-order valence-corrected chi connectivity index (χ3v) is 3.13. The van der Waals surface area contributed by atoms with Gasteiger partial charge in [-0.2, -0.15) is 13.2 Å². The zero-order chi connectivity index (χ0) is 19.2. The molecule has 8 heteroatoms. The first kappa shape index (κ1) is 19.3. The second-order valence-corrected chi connectivity index (χ2v) is 5.14. The Labute approximate surface area is 147 Å². The molecule has 0 saturated heterocycles. The molecule has 0 saturated carbocycles. The number of amides is 1. The van der Waals surface area contributed by atoms with Crippen LogP contribution in [-0.2, 0) is 4.79 Å². The van der Waals surface area contributed by atoms with Crippen molar-refractivity contribution in [2.24, 2.45) is 0 Å². The van der Waals surface area contributed by atoms with Gasteiger partial charge < -0.3 is 14.8 Å². The lowest BCUT2D eigenvalue weighted by Crippen LogP contribution is -2.19. The van der Waals surface area contributed by atoms with Gasteiger partial charge in [-0.3, -0.25) is 4.79 Å². The first-order chi connectivity index (χ1) is 12.3. The van der Waals surface area contributed by atoms with Crippen LogP contribution in [-0.4, -0.2) is 25.8 Å². The maximum Gasteiger partial charge on any atom is 0.422 e. The Morgan fingerprint density at radius 3 is 2.42 bits per heavy atom. The highest BCUT2D eigenvalue weighted by Crippen LogP contribution is 2.21. The van der Waals surface area contributed by atoms with E-state index in [1.807, 2.05) is 0 Å². The average Bonchev–Trinajstić information content (AvgIpc) is 2.59. The van der Waals surface area contributed by atoms with Gasteiger partial charge in [-0.1, -0.05) is 6.07 Å². The summed E-state index contributed by atoms with van der Waals surface area (Å²) in [6, 6.07) is 9.67. The van der Waals surface area contributed by atoms with Gasteiger partial charge in [0.25, 0.3) is 0 Å². The highest BCUT2D eigenvalue weighted by atomic mass is 19.4. The highest BCUT2D eigenvalue weighted by Gasteiger charge is 2.28. The smallest absolute Gasteiger partial charge is 0.422 e. The second-order valence-electron chi connectivity index (χ2n) is 5.14. The number of benzene rings is 2. The van der Waals surface area contributed by atoms with Crippen molar-refractivity contribution in [3.63, 3.8) is 0 Å². The van der Waals surface area contributed by atoms with Crippen LogP contribution in [0.25, 0.3) is 6.08 Å². The van der Waals surface area contributed by atoms with Gasteiger partial charge in [-0.05, 0) is 48.0 Å². The lowest BCUT2D eigenvalue weighted by molar-refractivity contribution is -0.153. The number of alkyl halides is 3. The maximum absolute atomic E-state index is 13.6. The molecule has 0 aliphatic carbocycles. The quantitative estimate of drug-likeness (QED) is 0.605. The van der Waals surface area contributed by atoms with Gasteiger partial charge in [-0.15, -0.1) is 0 Å². The number of nitrogens with one attached hydrogen (secondary N) is 1. The Morgan fingerprint density at radius 2 is 1.85 bits per heavy atom. The van der Waals surface area contributed by atoms with Crippen LogP contribution in [0.15, 0.2) is 48.5 Å². The van der Waals surface area contributed by atoms with E-state index in [1.54, 1.807) is 6.07 Å². The van der Waals surface area contributed by atoms with Crippen molar-refractivity contribution in [3.05, 3.63) is 59.9 Å². The Bertz CT molecular complexity index is 786. The van der Waals surface area contributed by atoms with Crippen molar-refractivity contribution in [1.29, 1.82) is 0 Å². The van der Waals surface area contributed by atoms with Gasteiger partial charge in [0.15, 0.2) is 18.2 Å². The fourth-order valence-electron chi connectivity index (χ4n) is 1.94. The first-order valence-electron chi connectivity index (χ1n) is 7.39. The van der Waals surface area contributed by atoms with E-state index < -0.39 is 24.5 Å². The monoisotopic (exact) mass is 369 g/mol. The standard InChI is InChI=1S/C18H15F4NO3/c1-25-16-8-2-12(10-15(16)19)3-9-17(24)23-13-4-6-14(7-5-13)26-11-18(20,21)22/h2-10H,11H2,1H3,(H,23,24)/b9-3+. The number of carbonyl (C=O) groups excluding carboxylic acids is 1. The van der Waals surface area contributed by atoms with Crippen LogP contribution in [0.4, 0.5) is 23.2 Å². The molecule has 1 N–H and O–H groups in total. The summed E-state index contributed by atoms with van der Waals surface area (Å²) in [5, 5.41) is 2.53. The largest absolute Gasteiger partial charge is 0.494 e. The van der Waals surface area contributed by atoms with Gasteiger partial charge in [0, 0.05) is 11.8 Å². The zero-order valence-electron chi connectivity index (χ0n) is 13.6. The number of anilines is 1. The molecule has 0 bridgehead atoms. The van der Waals surface area contributed by atoms with E-state index in [2.05, 4.69) is 10.1 Å². The lowest BCUT2D eigenvalue weighted by Gasteiger charge is -2.09. The first-order valence-corrected chi connectivity index (χ1v) is 7.39. The molecule has 0 aliphatic rings. The molecule has 0 aromatic heterocycles. The Kier molecular flexibility index (Phi) is 6.21. The molecule has 0 heterocycles. The van der Waals surface area contributed by atoms with Crippen LogP contribution in [0.3, 0.4) is 0 Å². The minimum Gasteiger partial charge on any atom is -0.494 e. The molecule has 0 atom stereocenters. The second kappa shape index (κ2) is 8.37. The van der Waals surface area contributed by atoms with E-state index in [4.69, 9.17) is 4.74 Å². The molecule has 2 rings (SSSR count). The molecule has 2 aromatic carbocycles. The van der Waals surface area contributed by atoms with Crippen molar-refractivity contribution in [1.82, 2.24) is 0 Å². The van der Waals surface area contributed by atoms with Crippen molar-refractivity contribution < 1.29 is 31.8 Å². The summed E-state index contributed by atoms with van der Waals surface area (Å²) in [5.41, 5.74) is 0.842. The van der Waals surface area contributed by atoms with Crippen LogP contribution >= 0.6 is 0 Å². The summed E-state index contributed by atoms with van der Waals surface area (Å²) >= 11 is 0. The van der Waals surface area contributed by atoms with Crippen LogP contribution in [0.5, 0.6) is 11.5 Å². The molecule has 138 valence electrons. The molecular formula is C18H15F4NO3. The molecule has 0 fully saturated rings. The number of ether oxygens (including phenoxy) is 2. The molecule has 0 aliphatic heterocycles. The normalized spacial score (nSPS) is 11.4. The van der Waals surface area contributed by atoms with Crippen molar-refractivity contribution in [2.75, 3.05) is 19.0 Å². The fourth-order valence-corrected chi connectivity index (χ4v) is 1.94. The van der Waals surface area contributed by atoms with Crippen LogP contribution < -0.4 is 14.8 Å². The molecule has 26 heavy (non-hydrogen) atoms. The predicted octanol–water partition coefficient (Wildman–Crippen LogP) is 4.43. The Balaban J connectivity index is 1.92. The average molecular weight is 369 g/mol. The van der Waals surface area contributed by atoms with Crippen molar-refractivity contribution >= 4 is 17.7 Å². The third-order valence-electron chi connectivity index (χ3n) is 3.13. The number of hydrogen-bond donors (Lipinski definition) is 1. The Hall–Kier alpha value is -3.03. The van der Waals surface area contributed by atoms with Crippen LogP contribution in [0.2, 0.25) is 0 Å². The van der Waals surface area contributed by atoms with E-state index in [9.17, 15) is 22.4 Å². The van der Waals surface area contributed by atoms with Gasteiger partial charge in [0.1, 0.15) is 5.75 Å².